The molecule has 0 aromatic carbocycles. The highest BCUT2D eigenvalue weighted by atomic mass is 15.2. The standard InChI is InChI=1S/C15H19N3/c1-18-10-14(11-5-3-2-4-6-11)13-8-7-12(9-16)17-15(13)18/h7-8,11,14H,2-6,10H2,1H3. The first-order chi connectivity index (χ1) is 8.79. The van der Waals surface area contributed by atoms with Crippen LogP contribution < -0.4 is 4.90 Å². The average Bonchev–Trinajstić information content (AvgIpc) is 2.77. The van der Waals surface area contributed by atoms with Crippen molar-refractivity contribution in [3.05, 3.63) is 23.4 Å². The Balaban J connectivity index is 1.91. The van der Waals surface area contributed by atoms with Gasteiger partial charge in [0.15, 0.2) is 0 Å². The summed E-state index contributed by atoms with van der Waals surface area (Å²) in [7, 11) is 2.09. The van der Waals surface area contributed by atoms with E-state index in [2.05, 4.69) is 29.1 Å². The molecule has 0 radical (unpaired) electrons. The molecule has 3 heteroatoms. The normalized spacial score (nSPS) is 23.8. The number of fused-ring (bicyclic) bond motifs is 1. The molecule has 0 bridgehead atoms. The maximum atomic E-state index is 8.94. The monoisotopic (exact) mass is 241 g/mol. The van der Waals surface area contributed by atoms with Crippen LogP contribution in [0.15, 0.2) is 12.1 Å². The molecule has 3 rings (SSSR count). The molecule has 1 aliphatic carbocycles. The number of pyridine rings is 1. The molecule has 0 spiro atoms. The van der Waals surface area contributed by atoms with E-state index in [0.717, 1.165) is 18.3 Å². The van der Waals surface area contributed by atoms with Crippen LogP contribution in [-0.2, 0) is 0 Å². The highest BCUT2D eigenvalue weighted by Crippen LogP contribution is 2.43. The topological polar surface area (TPSA) is 39.9 Å². The van der Waals surface area contributed by atoms with Crippen LogP contribution >= 0.6 is 0 Å². The first-order valence-corrected chi connectivity index (χ1v) is 6.92. The second kappa shape index (κ2) is 4.61. The minimum absolute atomic E-state index is 0.532. The van der Waals surface area contributed by atoms with Crippen molar-refractivity contribution in [3.63, 3.8) is 0 Å². The van der Waals surface area contributed by atoms with Gasteiger partial charge in [-0.05, 0) is 30.4 Å². The minimum Gasteiger partial charge on any atom is -0.359 e. The molecule has 2 aliphatic rings. The van der Waals surface area contributed by atoms with Crippen molar-refractivity contribution >= 4 is 5.82 Å². The predicted octanol–water partition coefficient (Wildman–Crippen LogP) is 3.07. The summed E-state index contributed by atoms with van der Waals surface area (Å²) >= 11 is 0. The van der Waals surface area contributed by atoms with Crippen LogP contribution in [0.5, 0.6) is 0 Å². The van der Waals surface area contributed by atoms with Crippen molar-refractivity contribution in [1.82, 2.24) is 4.98 Å². The van der Waals surface area contributed by atoms with E-state index in [-0.39, 0.29) is 0 Å². The summed E-state index contributed by atoms with van der Waals surface area (Å²) < 4.78 is 0. The highest BCUT2D eigenvalue weighted by Gasteiger charge is 2.34. The van der Waals surface area contributed by atoms with Gasteiger partial charge in [0.2, 0.25) is 0 Å². The Morgan fingerprint density at radius 1 is 1.28 bits per heavy atom. The Bertz CT molecular complexity index is 483. The summed E-state index contributed by atoms with van der Waals surface area (Å²) in [4.78, 5) is 6.68. The number of hydrogen-bond acceptors (Lipinski definition) is 3. The second-order valence-corrected chi connectivity index (χ2v) is 5.61. The molecule has 0 N–H and O–H groups in total. The van der Waals surface area contributed by atoms with E-state index in [9.17, 15) is 0 Å². The Kier molecular flexibility index (Phi) is 2.95. The first-order valence-electron chi connectivity index (χ1n) is 6.92. The fourth-order valence-corrected chi connectivity index (χ4v) is 3.54. The summed E-state index contributed by atoms with van der Waals surface area (Å²) in [5.74, 6) is 2.48. The van der Waals surface area contributed by atoms with Crippen LogP contribution in [-0.4, -0.2) is 18.6 Å². The highest BCUT2D eigenvalue weighted by molar-refractivity contribution is 5.56. The molecule has 18 heavy (non-hydrogen) atoms. The molecular weight excluding hydrogens is 222 g/mol. The zero-order valence-corrected chi connectivity index (χ0v) is 10.9. The van der Waals surface area contributed by atoms with Crippen LogP contribution in [0.1, 0.15) is 49.3 Å². The Hall–Kier alpha value is -1.56. The molecule has 2 heterocycles. The van der Waals surface area contributed by atoms with Crippen molar-refractivity contribution in [2.75, 3.05) is 18.5 Å². The average molecular weight is 241 g/mol. The van der Waals surface area contributed by atoms with Gasteiger partial charge in [0.05, 0.1) is 0 Å². The number of hydrogen-bond donors (Lipinski definition) is 0. The number of aromatic nitrogens is 1. The van der Waals surface area contributed by atoms with Crippen molar-refractivity contribution < 1.29 is 0 Å². The summed E-state index contributed by atoms with van der Waals surface area (Å²) in [6.07, 6.45) is 6.88. The van der Waals surface area contributed by atoms with Crippen LogP contribution in [0.25, 0.3) is 0 Å². The number of anilines is 1. The maximum absolute atomic E-state index is 8.94. The molecule has 0 saturated heterocycles. The van der Waals surface area contributed by atoms with Gasteiger partial charge >= 0.3 is 0 Å². The lowest BCUT2D eigenvalue weighted by molar-refractivity contribution is 0.313. The van der Waals surface area contributed by atoms with E-state index in [1.807, 2.05) is 6.07 Å². The third kappa shape index (κ3) is 1.86. The van der Waals surface area contributed by atoms with E-state index in [4.69, 9.17) is 5.26 Å². The van der Waals surface area contributed by atoms with Crippen molar-refractivity contribution in [2.45, 2.75) is 38.0 Å². The van der Waals surface area contributed by atoms with E-state index < -0.39 is 0 Å². The van der Waals surface area contributed by atoms with Gasteiger partial charge in [-0.2, -0.15) is 5.26 Å². The summed E-state index contributed by atoms with van der Waals surface area (Å²) in [6, 6.07) is 6.13. The molecule has 1 saturated carbocycles. The number of likely N-dealkylation sites (N-methyl/N-ethyl adjacent to an activating group) is 1. The van der Waals surface area contributed by atoms with Crippen LogP contribution in [0.4, 0.5) is 5.82 Å². The molecule has 1 unspecified atom stereocenters. The van der Waals surface area contributed by atoms with Gasteiger partial charge < -0.3 is 4.90 Å². The Labute approximate surface area is 108 Å². The van der Waals surface area contributed by atoms with Crippen molar-refractivity contribution in [1.29, 1.82) is 5.26 Å². The van der Waals surface area contributed by atoms with Crippen LogP contribution in [0, 0.1) is 17.2 Å². The van der Waals surface area contributed by atoms with Gasteiger partial charge in [-0.15, -0.1) is 0 Å². The number of rotatable bonds is 1. The van der Waals surface area contributed by atoms with Crippen molar-refractivity contribution in [2.24, 2.45) is 5.92 Å². The lowest BCUT2D eigenvalue weighted by Crippen LogP contribution is -2.22. The van der Waals surface area contributed by atoms with Gasteiger partial charge in [-0.25, -0.2) is 4.98 Å². The van der Waals surface area contributed by atoms with Gasteiger partial charge in [-0.3, -0.25) is 0 Å². The molecule has 1 aromatic rings. The van der Waals surface area contributed by atoms with E-state index in [1.165, 1.54) is 37.7 Å². The summed E-state index contributed by atoms with van der Waals surface area (Å²) in [5.41, 5.74) is 1.90. The van der Waals surface area contributed by atoms with E-state index in [1.54, 1.807) is 0 Å². The lowest BCUT2D eigenvalue weighted by atomic mass is 9.78. The predicted molar refractivity (Wildman–Crippen MR) is 71.5 cm³/mol. The zero-order chi connectivity index (χ0) is 12.5. The molecule has 0 amide bonds. The Morgan fingerprint density at radius 2 is 2.06 bits per heavy atom. The molecule has 94 valence electrons. The molecular formula is C15H19N3. The smallest absolute Gasteiger partial charge is 0.142 e. The quantitative estimate of drug-likeness (QED) is 0.758. The summed E-state index contributed by atoms with van der Waals surface area (Å²) in [6.45, 7) is 1.07. The van der Waals surface area contributed by atoms with E-state index >= 15 is 0 Å². The first kappa shape index (κ1) is 11.5. The second-order valence-electron chi connectivity index (χ2n) is 5.61. The number of nitriles is 1. The molecule has 1 atom stereocenters. The SMILES string of the molecule is CN1CC(C2CCCCC2)c2ccc(C#N)nc21. The van der Waals surface area contributed by atoms with E-state index in [0.29, 0.717) is 11.6 Å². The zero-order valence-electron chi connectivity index (χ0n) is 10.9. The van der Waals surface area contributed by atoms with Crippen LogP contribution in [0.3, 0.4) is 0 Å². The minimum atomic E-state index is 0.532. The largest absolute Gasteiger partial charge is 0.359 e. The molecule has 1 aliphatic heterocycles. The van der Waals surface area contributed by atoms with Crippen molar-refractivity contribution in [3.8, 4) is 6.07 Å². The van der Waals surface area contributed by atoms with Gasteiger partial charge in [0, 0.05) is 19.5 Å². The molecule has 3 nitrogen and oxygen atoms in total. The maximum Gasteiger partial charge on any atom is 0.142 e. The molecule has 1 fully saturated rings. The fourth-order valence-electron chi connectivity index (χ4n) is 3.54. The van der Waals surface area contributed by atoms with Crippen LogP contribution in [0.2, 0.25) is 0 Å². The number of nitrogens with zero attached hydrogens (tertiary/aromatic N) is 3. The summed E-state index contributed by atoms with van der Waals surface area (Å²) in [5, 5.41) is 8.94. The lowest BCUT2D eigenvalue weighted by Gasteiger charge is -2.27. The van der Waals surface area contributed by atoms with Gasteiger partial charge in [0.1, 0.15) is 17.6 Å². The Morgan fingerprint density at radius 3 is 2.78 bits per heavy atom. The van der Waals surface area contributed by atoms with Gasteiger partial charge in [-0.1, -0.05) is 25.3 Å². The third-order valence-corrected chi connectivity index (χ3v) is 4.47. The molecule has 1 aromatic heterocycles. The fraction of sp³-hybridized carbons (Fsp3) is 0.600. The van der Waals surface area contributed by atoms with Gasteiger partial charge in [0.25, 0.3) is 0 Å². The third-order valence-electron chi connectivity index (χ3n) is 4.47.